The first-order valence-electron chi connectivity index (χ1n) is 11.7. The van der Waals surface area contributed by atoms with Crippen molar-refractivity contribution >= 4 is 29.9 Å². The minimum absolute atomic E-state index is 0.0913. The van der Waals surface area contributed by atoms with Crippen molar-refractivity contribution in [1.82, 2.24) is 5.32 Å². The predicted octanol–water partition coefficient (Wildman–Crippen LogP) is 1.50. The molecule has 1 aromatic rings. The Morgan fingerprint density at radius 2 is 1.58 bits per heavy atom. The number of carbonyl (C=O) groups excluding carboxylic acids is 4. The lowest BCUT2D eigenvalue weighted by Gasteiger charge is -2.39. The summed E-state index contributed by atoms with van der Waals surface area (Å²) in [5, 5.41) is 21.3. The Labute approximate surface area is 211 Å². The molecule has 1 rings (SSSR count). The highest BCUT2D eigenvalue weighted by atomic mass is 16.6. The molecule has 0 fully saturated rings. The fraction of sp³-hybridized carbons (Fsp3) is 0.577. The molecule has 5 N–H and O–H groups in total. The van der Waals surface area contributed by atoms with Gasteiger partial charge in [0.15, 0.2) is 5.78 Å². The van der Waals surface area contributed by atoms with Crippen molar-refractivity contribution < 1.29 is 38.9 Å². The Balaban J connectivity index is 4.02. The van der Waals surface area contributed by atoms with Gasteiger partial charge in [0.1, 0.15) is 17.4 Å². The SMILES string of the molecule is CC(C)[C@H](N)C(=O)C(C(=O)N[C@](C=O)(CC(=O)O)C(C)C)(C(=O)OC(C)(C)C)c1ccc(CO)cc1. The molecule has 1 aromatic carbocycles. The fourth-order valence-corrected chi connectivity index (χ4v) is 3.62. The number of nitrogens with one attached hydrogen (secondary N) is 1. The first-order chi connectivity index (χ1) is 16.5. The van der Waals surface area contributed by atoms with Crippen LogP contribution in [-0.2, 0) is 40.7 Å². The van der Waals surface area contributed by atoms with Gasteiger partial charge >= 0.3 is 11.9 Å². The van der Waals surface area contributed by atoms with Crippen LogP contribution in [0.15, 0.2) is 24.3 Å². The molecule has 0 saturated heterocycles. The molecule has 0 saturated carbocycles. The van der Waals surface area contributed by atoms with Gasteiger partial charge in [0.2, 0.25) is 5.41 Å². The third-order valence-electron chi connectivity index (χ3n) is 6.04. The molecule has 0 aliphatic heterocycles. The highest BCUT2D eigenvalue weighted by molar-refractivity contribution is 6.29. The summed E-state index contributed by atoms with van der Waals surface area (Å²) in [6.07, 6.45) is -0.483. The molecule has 0 aliphatic carbocycles. The zero-order chi connectivity index (χ0) is 28.1. The van der Waals surface area contributed by atoms with Gasteiger partial charge in [0.25, 0.3) is 5.91 Å². The van der Waals surface area contributed by atoms with E-state index < -0.39 is 64.5 Å². The molecule has 36 heavy (non-hydrogen) atoms. The van der Waals surface area contributed by atoms with Crippen LogP contribution < -0.4 is 11.1 Å². The number of carboxylic acids is 1. The van der Waals surface area contributed by atoms with Crippen LogP contribution in [0.4, 0.5) is 0 Å². The molecule has 1 amide bonds. The van der Waals surface area contributed by atoms with Crippen LogP contribution in [0.2, 0.25) is 0 Å². The van der Waals surface area contributed by atoms with Crippen molar-refractivity contribution in [2.24, 2.45) is 17.6 Å². The lowest BCUT2D eigenvalue weighted by molar-refractivity contribution is -0.168. The molecule has 3 atom stereocenters. The number of amides is 1. The van der Waals surface area contributed by atoms with E-state index in [0.29, 0.717) is 11.8 Å². The number of hydrogen-bond donors (Lipinski definition) is 4. The van der Waals surface area contributed by atoms with Crippen LogP contribution >= 0.6 is 0 Å². The third-order valence-corrected chi connectivity index (χ3v) is 6.04. The van der Waals surface area contributed by atoms with E-state index in [1.165, 1.54) is 38.1 Å². The Morgan fingerprint density at radius 3 is 1.94 bits per heavy atom. The van der Waals surface area contributed by atoms with Crippen molar-refractivity contribution in [3.63, 3.8) is 0 Å². The maximum Gasteiger partial charge on any atom is 0.334 e. The lowest BCUT2D eigenvalue weighted by Crippen LogP contribution is -2.67. The summed E-state index contributed by atoms with van der Waals surface area (Å²) in [4.78, 5) is 65.6. The smallest absolute Gasteiger partial charge is 0.334 e. The molecule has 0 radical (unpaired) electrons. The van der Waals surface area contributed by atoms with Gasteiger partial charge in [-0.1, -0.05) is 52.0 Å². The van der Waals surface area contributed by atoms with Gasteiger partial charge in [-0.15, -0.1) is 0 Å². The number of benzene rings is 1. The van der Waals surface area contributed by atoms with Gasteiger partial charge in [-0.05, 0) is 43.7 Å². The number of aliphatic carboxylic acids is 1. The second-order valence-electron chi connectivity index (χ2n) is 10.6. The summed E-state index contributed by atoms with van der Waals surface area (Å²) in [5.41, 5.74) is 0.834. The summed E-state index contributed by atoms with van der Waals surface area (Å²) in [7, 11) is 0. The van der Waals surface area contributed by atoms with Crippen molar-refractivity contribution in [3.05, 3.63) is 35.4 Å². The van der Waals surface area contributed by atoms with E-state index >= 15 is 0 Å². The van der Waals surface area contributed by atoms with E-state index in [-0.39, 0.29) is 12.2 Å². The Kier molecular flexibility index (Phi) is 10.1. The summed E-state index contributed by atoms with van der Waals surface area (Å²) >= 11 is 0. The normalized spacial score (nSPS) is 16.0. The predicted molar refractivity (Wildman–Crippen MR) is 132 cm³/mol. The zero-order valence-corrected chi connectivity index (χ0v) is 22.0. The number of aliphatic hydroxyl groups excluding tert-OH is 1. The van der Waals surface area contributed by atoms with Crippen molar-refractivity contribution in [2.75, 3.05) is 0 Å². The van der Waals surface area contributed by atoms with Crippen LogP contribution in [0.1, 0.15) is 66.0 Å². The third kappa shape index (κ3) is 6.55. The van der Waals surface area contributed by atoms with Crippen molar-refractivity contribution in [3.8, 4) is 0 Å². The molecular weight excluding hydrogens is 468 g/mol. The summed E-state index contributed by atoms with van der Waals surface area (Å²) in [5.74, 6) is -5.97. The Morgan fingerprint density at radius 1 is 1.06 bits per heavy atom. The highest BCUT2D eigenvalue weighted by Gasteiger charge is 2.59. The van der Waals surface area contributed by atoms with Gasteiger partial charge in [-0.2, -0.15) is 0 Å². The van der Waals surface area contributed by atoms with E-state index in [2.05, 4.69) is 5.32 Å². The van der Waals surface area contributed by atoms with E-state index in [4.69, 9.17) is 10.5 Å². The quantitative estimate of drug-likeness (QED) is 0.186. The molecule has 200 valence electrons. The van der Waals surface area contributed by atoms with E-state index in [9.17, 15) is 34.2 Å². The molecular formula is C26H38N2O8. The van der Waals surface area contributed by atoms with Crippen LogP contribution in [0.25, 0.3) is 0 Å². The monoisotopic (exact) mass is 506 g/mol. The molecule has 0 aromatic heterocycles. The number of ketones is 1. The molecule has 0 bridgehead atoms. The Hall–Kier alpha value is -3.11. The number of aliphatic hydroxyl groups is 1. The fourth-order valence-electron chi connectivity index (χ4n) is 3.62. The first-order valence-corrected chi connectivity index (χ1v) is 11.7. The number of hydrogen-bond acceptors (Lipinski definition) is 8. The number of Topliss-reactive ketones (excluding diaryl/α,β-unsaturated/α-hetero) is 1. The largest absolute Gasteiger partial charge is 0.481 e. The summed E-state index contributed by atoms with van der Waals surface area (Å²) < 4.78 is 5.55. The number of carbonyl (C=O) groups is 5. The topological polar surface area (TPSA) is 173 Å². The summed E-state index contributed by atoms with van der Waals surface area (Å²) in [6.45, 7) is 10.7. The van der Waals surface area contributed by atoms with Crippen molar-refractivity contribution in [2.45, 2.75) is 84.1 Å². The molecule has 0 aliphatic rings. The minimum Gasteiger partial charge on any atom is -0.481 e. The van der Waals surface area contributed by atoms with E-state index in [0.717, 1.165) is 0 Å². The second-order valence-corrected chi connectivity index (χ2v) is 10.6. The molecule has 10 heteroatoms. The number of ether oxygens (including phenoxy) is 1. The van der Waals surface area contributed by atoms with Gasteiger partial charge in [0.05, 0.1) is 19.1 Å². The second kappa shape index (κ2) is 11.7. The maximum absolute atomic E-state index is 14.1. The van der Waals surface area contributed by atoms with Gasteiger partial charge in [0, 0.05) is 0 Å². The maximum atomic E-state index is 14.1. The van der Waals surface area contributed by atoms with Crippen molar-refractivity contribution in [1.29, 1.82) is 0 Å². The van der Waals surface area contributed by atoms with Crippen LogP contribution in [0.5, 0.6) is 0 Å². The van der Waals surface area contributed by atoms with Gasteiger partial charge < -0.3 is 30.8 Å². The van der Waals surface area contributed by atoms with Gasteiger partial charge in [-0.25, -0.2) is 0 Å². The van der Waals surface area contributed by atoms with E-state index in [1.54, 1.807) is 34.6 Å². The van der Waals surface area contributed by atoms with Crippen LogP contribution in [0.3, 0.4) is 0 Å². The zero-order valence-electron chi connectivity index (χ0n) is 22.0. The molecule has 0 heterocycles. The number of esters is 1. The molecule has 10 nitrogen and oxygen atoms in total. The number of rotatable bonds is 12. The number of nitrogens with two attached hydrogens (primary N) is 1. The average Bonchev–Trinajstić information content (AvgIpc) is 2.76. The first kappa shape index (κ1) is 30.9. The number of aldehydes is 1. The van der Waals surface area contributed by atoms with E-state index in [1.807, 2.05) is 0 Å². The lowest BCUT2D eigenvalue weighted by atomic mass is 9.70. The summed E-state index contributed by atoms with van der Waals surface area (Å²) in [6, 6.07) is 4.24. The minimum atomic E-state index is -2.66. The standard InChI is InChI=1S/C26H38N2O8/c1-15(2)20(27)21(33)26(23(35)36-24(5,6)7,18-10-8-17(13-29)9-11-18)22(34)28-25(14-30,16(3)4)12-19(31)32/h8-11,14-16,20,29H,12-13,27H2,1-7H3,(H,28,34)(H,31,32)/t20-,25-,26?/m0/s1. The average molecular weight is 507 g/mol. The highest BCUT2D eigenvalue weighted by Crippen LogP contribution is 2.34. The van der Waals surface area contributed by atoms with Crippen LogP contribution in [0, 0.1) is 11.8 Å². The van der Waals surface area contributed by atoms with Crippen LogP contribution in [-0.4, -0.2) is 57.3 Å². The molecule has 1 unspecified atom stereocenters. The Bertz CT molecular complexity index is 981. The molecule has 0 spiro atoms. The number of carboxylic acid groups (broad SMARTS) is 1. The van der Waals surface area contributed by atoms with Gasteiger partial charge in [-0.3, -0.25) is 19.2 Å².